The molecule has 114 valence electrons. The SMILES string of the molecule is Cc1ccc2nc(-c3ccc(NCCN)cc3)c(CO)n2c1. The van der Waals surface area contributed by atoms with Crippen molar-refractivity contribution in [3.05, 3.63) is 53.9 Å². The molecule has 0 bridgehead atoms. The van der Waals surface area contributed by atoms with Crippen LogP contribution in [0, 0.1) is 6.92 Å². The fraction of sp³-hybridized carbons (Fsp3) is 0.235. The zero-order chi connectivity index (χ0) is 15.5. The Morgan fingerprint density at radius 3 is 2.64 bits per heavy atom. The van der Waals surface area contributed by atoms with Crippen LogP contribution >= 0.6 is 0 Å². The van der Waals surface area contributed by atoms with E-state index in [9.17, 15) is 5.11 Å². The van der Waals surface area contributed by atoms with Crippen molar-refractivity contribution in [1.29, 1.82) is 0 Å². The van der Waals surface area contributed by atoms with Crippen LogP contribution in [0.5, 0.6) is 0 Å². The highest BCUT2D eigenvalue weighted by Gasteiger charge is 2.13. The highest BCUT2D eigenvalue weighted by atomic mass is 16.3. The summed E-state index contributed by atoms with van der Waals surface area (Å²) in [6.07, 6.45) is 1.99. The molecule has 22 heavy (non-hydrogen) atoms. The lowest BCUT2D eigenvalue weighted by Gasteiger charge is -2.06. The second kappa shape index (κ2) is 6.17. The summed E-state index contributed by atoms with van der Waals surface area (Å²) in [5, 5.41) is 13.0. The predicted molar refractivity (Wildman–Crippen MR) is 88.8 cm³/mol. The number of aryl methyl sites for hydroxylation is 1. The van der Waals surface area contributed by atoms with E-state index in [1.54, 1.807) is 0 Å². The number of aromatic nitrogens is 2. The van der Waals surface area contributed by atoms with E-state index < -0.39 is 0 Å². The summed E-state index contributed by atoms with van der Waals surface area (Å²) in [5.41, 5.74) is 11.1. The van der Waals surface area contributed by atoms with Crippen molar-refractivity contribution >= 4 is 11.3 Å². The lowest BCUT2D eigenvalue weighted by Crippen LogP contribution is -2.12. The van der Waals surface area contributed by atoms with Gasteiger partial charge in [0.15, 0.2) is 0 Å². The summed E-state index contributed by atoms with van der Waals surface area (Å²) >= 11 is 0. The van der Waals surface area contributed by atoms with Crippen LogP contribution < -0.4 is 11.1 Å². The van der Waals surface area contributed by atoms with Gasteiger partial charge in [0.05, 0.1) is 18.0 Å². The number of fused-ring (bicyclic) bond motifs is 1. The molecule has 0 radical (unpaired) electrons. The van der Waals surface area contributed by atoms with Gasteiger partial charge < -0.3 is 20.6 Å². The van der Waals surface area contributed by atoms with E-state index >= 15 is 0 Å². The minimum atomic E-state index is -0.0485. The first-order valence-electron chi connectivity index (χ1n) is 7.35. The third kappa shape index (κ3) is 2.68. The maximum atomic E-state index is 9.74. The van der Waals surface area contributed by atoms with Crippen LogP contribution in [-0.2, 0) is 6.61 Å². The van der Waals surface area contributed by atoms with Crippen LogP contribution in [-0.4, -0.2) is 27.6 Å². The van der Waals surface area contributed by atoms with Crippen molar-refractivity contribution in [2.45, 2.75) is 13.5 Å². The monoisotopic (exact) mass is 296 g/mol. The van der Waals surface area contributed by atoms with Gasteiger partial charge in [0.1, 0.15) is 5.65 Å². The summed E-state index contributed by atoms with van der Waals surface area (Å²) in [4.78, 5) is 4.65. The molecule has 5 nitrogen and oxygen atoms in total. The summed E-state index contributed by atoms with van der Waals surface area (Å²) in [6, 6.07) is 12.0. The molecule has 0 fully saturated rings. The average Bonchev–Trinajstić information content (AvgIpc) is 2.91. The zero-order valence-electron chi connectivity index (χ0n) is 12.6. The Hall–Kier alpha value is -2.37. The second-order valence-corrected chi connectivity index (χ2v) is 5.29. The fourth-order valence-electron chi connectivity index (χ4n) is 2.54. The molecule has 0 aliphatic carbocycles. The van der Waals surface area contributed by atoms with Crippen LogP contribution in [0.25, 0.3) is 16.9 Å². The number of hydrogen-bond acceptors (Lipinski definition) is 4. The van der Waals surface area contributed by atoms with E-state index in [-0.39, 0.29) is 6.61 Å². The van der Waals surface area contributed by atoms with Crippen LogP contribution in [0.4, 0.5) is 5.69 Å². The average molecular weight is 296 g/mol. The maximum Gasteiger partial charge on any atom is 0.137 e. The maximum absolute atomic E-state index is 9.74. The summed E-state index contributed by atoms with van der Waals surface area (Å²) in [7, 11) is 0. The van der Waals surface area contributed by atoms with Gasteiger partial charge in [-0.15, -0.1) is 0 Å². The van der Waals surface area contributed by atoms with Crippen molar-refractivity contribution in [2.24, 2.45) is 5.73 Å². The number of pyridine rings is 1. The van der Waals surface area contributed by atoms with Gasteiger partial charge in [-0.1, -0.05) is 18.2 Å². The highest BCUT2D eigenvalue weighted by Crippen LogP contribution is 2.26. The molecule has 0 aliphatic heterocycles. The summed E-state index contributed by atoms with van der Waals surface area (Å²) in [6.45, 7) is 3.32. The Kier molecular flexibility index (Phi) is 4.09. The number of nitrogens with zero attached hydrogens (tertiary/aromatic N) is 2. The Labute approximate surface area is 129 Å². The van der Waals surface area contributed by atoms with Gasteiger partial charge in [-0.3, -0.25) is 0 Å². The number of rotatable bonds is 5. The smallest absolute Gasteiger partial charge is 0.137 e. The molecule has 2 heterocycles. The van der Waals surface area contributed by atoms with Gasteiger partial charge >= 0.3 is 0 Å². The lowest BCUT2D eigenvalue weighted by molar-refractivity contribution is 0.276. The molecule has 5 heteroatoms. The third-order valence-electron chi connectivity index (χ3n) is 3.65. The van der Waals surface area contributed by atoms with Crippen LogP contribution in [0.3, 0.4) is 0 Å². The summed E-state index contributed by atoms with van der Waals surface area (Å²) < 4.78 is 1.95. The first-order chi connectivity index (χ1) is 10.7. The predicted octanol–water partition coefficient (Wildman–Crippen LogP) is 2.17. The van der Waals surface area contributed by atoms with Gasteiger partial charge in [0.2, 0.25) is 0 Å². The normalized spacial score (nSPS) is 11.0. The number of anilines is 1. The van der Waals surface area contributed by atoms with Crippen molar-refractivity contribution in [3.63, 3.8) is 0 Å². The lowest BCUT2D eigenvalue weighted by atomic mass is 10.1. The van der Waals surface area contributed by atoms with Crippen LogP contribution in [0.1, 0.15) is 11.3 Å². The number of aliphatic hydroxyl groups is 1. The van der Waals surface area contributed by atoms with Crippen LogP contribution in [0.15, 0.2) is 42.6 Å². The number of imidazole rings is 1. The van der Waals surface area contributed by atoms with Gasteiger partial charge in [-0.25, -0.2) is 4.98 Å². The quantitative estimate of drug-likeness (QED) is 0.674. The zero-order valence-corrected chi connectivity index (χ0v) is 12.6. The Morgan fingerprint density at radius 2 is 1.95 bits per heavy atom. The molecule has 0 amide bonds. The van der Waals surface area contributed by atoms with E-state index in [1.807, 2.05) is 53.9 Å². The molecule has 0 saturated carbocycles. The summed E-state index contributed by atoms with van der Waals surface area (Å²) in [5.74, 6) is 0. The van der Waals surface area contributed by atoms with Gasteiger partial charge in [-0.2, -0.15) is 0 Å². The standard InChI is InChI=1S/C17H20N4O/c1-12-2-7-16-20-17(15(11-22)21(16)10-12)13-3-5-14(6-4-13)19-9-8-18/h2-7,10,19,22H,8-9,11,18H2,1H3. The van der Waals surface area contributed by atoms with Crippen molar-refractivity contribution < 1.29 is 5.11 Å². The van der Waals surface area contributed by atoms with E-state index in [0.717, 1.165) is 40.4 Å². The molecular formula is C17H20N4O. The fourth-order valence-corrected chi connectivity index (χ4v) is 2.54. The second-order valence-electron chi connectivity index (χ2n) is 5.29. The van der Waals surface area contributed by atoms with E-state index in [0.29, 0.717) is 6.54 Å². The van der Waals surface area contributed by atoms with Crippen molar-refractivity contribution in [3.8, 4) is 11.3 Å². The van der Waals surface area contributed by atoms with Crippen molar-refractivity contribution in [2.75, 3.05) is 18.4 Å². The molecule has 0 unspecified atom stereocenters. The highest BCUT2D eigenvalue weighted by molar-refractivity contribution is 5.68. The number of benzene rings is 1. The molecule has 3 aromatic rings. The molecule has 0 spiro atoms. The molecule has 2 aromatic heterocycles. The topological polar surface area (TPSA) is 75.6 Å². The molecular weight excluding hydrogens is 276 g/mol. The van der Waals surface area contributed by atoms with Gasteiger partial charge in [-0.05, 0) is 30.7 Å². The molecule has 0 saturated heterocycles. The molecule has 3 rings (SSSR count). The van der Waals surface area contributed by atoms with E-state index in [1.165, 1.54) is 0 Å². The minimum absolute atomic E-state index is 0.0485. The largest absolute Gasteiger partial charge is 0.390 e. The van der Waals surface area contributed by atoms with Gasteiger partial charge in [0, 0.05) is 30.5 Å². The Balaban J connectivity index is 2.02. The molecule has 0 atom stereocenters. The third-order valence-corrected chi connectivity index (χ3v) is 3.65. The first kappa shape index (κ1) is 14.6. The molecule has 4 N–H and O–H groups in total. The van der Waals surface area contributed by atoms with Gasteiger partial charge in [0.25, 0.3) is 0 Å². The number of nitrogens with two attached hydrogens (primary N) is 1. The van der Waals surface area contributed by atoms with Crippen LogP contribution in [0.2, 0.25) is 0 Å². The number of hydrogen-bond donors (Lipinski definition) is 3. The first-order valence-corrected chi connectivity index (χ1v) is 7.35. The van der Waals surface area contributed by atoms with Crippen molar-refractivity contribution in [1.82, 2.24) is 9.38 Å². The Bertz CT molecular complexity index is 777. The Morgan fingerprint density at radius 1 is 1.18 bits per heavy atom. The number of nitrogens with one attached hydrogen (secondary N) is 1. The number of aliphatic hydroxyl groups excluding tert-OH is 1. The minimum Gasteiger partial charge on any atom is -0.390 e. The molecule has 0 aliphatic rings. The van der Waals surface area contributed by atoms with E-state index in [4.69, 9.17) is 5.73 Å². The molecule has 1 aromatic carbocycles. The van der Waals surface area contributed by atoms with E-state index in [2.05, 4.69) is 10.3 Å².